The molecule has 1 amide bonds. The van der Waals surface area contributed by atoms with Gasteiger partial charge in [0.15, 0.2) is 9.84 Å². The molecule has 2 heterocycles. The third kappa shape index (κ3) is 3.51. The molecule has 1 aromatic rings. The summed E-state index contributed by atoms with van der Waals surface area (Å²) in [5, 5.41) is 8.80. The van der Waals surface area contributed by atoms with Crippen molar-refractivity contribution in [2.45, 2.75) is 12.5 Å². The Morgan fingerprint density at radius 1 is 1.45 bits per heavy atom. The molecule has 0 aliphatic carbocycles. The first-order valence-electron chi connectivity index (χ1n) is 6.65. The lowest BCUT2D eigenvalue weighted by atomic mass is 10.1. The average Bonchev–Trinajstić information content (AvgIpc) is 2.84. The van der Waals surface area contributed by atoms with Gasteiger partial charge in [0.1, 0.15) is 5.69 Å². The van der Waals surface area contributed by atoms with E-state index in [1.807, 2.05) is 0 Å². The Labute approximate surface area is 128 Å². The van der Waals surface area contributed by atoms with Crippen molar-refractivity contribution in [3.05, 3.63) is 42.2 Å². The maximum atomic E-state index is 12.5. The molecule has 0 bridgehead atoms. The largest absolute Gasteiger partial charge is 0.477 e. The number of nitrogens with zero attached hydrogens (tertiary/aromatic N) is 2. The molecule has 1 saturated heterocycles. The maximum Gasteiger partial charge on any atom is 0.354 e. The summed E-state index contributed by atoms with van der Waals surface area (Å²) >= 11 is 0. The van der Waals surface area contributed by atoms with Crippen LogP contribution < -0.4 is 0 Å². The summed E-state index contributed by atoms with van der Waals surface area (Å²) in [5.41, 5.74) is 0.0615. The molecule has 1 aliphatic rings. The number of hydrogen-bond donors (Lipinski definition) is 1. The van der Waals surface area contributed by atoms with E-state index in [0.717, 1.165) is 0 Å². The van der Waals surface area contributed by atoms with Gasteiger partial charge in [-0.2, -0.15) is 0 Å². The Hall–Kier alpha value is -2.22. The van der Waals surface area contributed by atoms with Crippen molar-refractivity contribution in [3.8, 4) is 0 Å². The lowest BCUT2D eigenvalue weighted by Gasteiger charge is -2.27. The molecule has 1 aliphatic heterocycles. The smallest absolute Gasteiger partial charge is 0.354 e. The molecular weight excluding hydrogens is 308 g/mol. The second kappa shape index (κ2) is 6.27. The van der Waals surface area contributed by atoms with Crippen molar-refractivity contribution in [3.63, 3.8) is 0 Å². The van der Waals surface area contributed by atoms with Gasteiger partial charge in [-0.05, 0) is 18.6 Å². The first kappa shape index (κ1) is 16.2. The van der Waals surface area contributed by atoms with Crippen LogP contribution in [0.15, 0.2) is 31.0 Å². The molecule has 1 atom stereocenters. The molecule has 118 valence electrons. The van der Waals surface area contributed by atoms with E-state index in [4.69, 9.17) is 5.11 Å². The Kier molecular flexibility index (Phi) is 4.60. The van der Waals surface area contributed by atoms with E-state index in [1.54, 1.807) is 0 Å². The minimum Gasteiger partial charge on any atom is -0.477 e. The molecule has 0 spiro atoms. The summed E-state index contributed by atoms with van der Waals surface area (Å²) in [7, 11) is -3.11. The molecular formula is C14H16N2O5S. The van der Waals surface area contributed by atoms with Gasteiger partial charge in [0.05, 0.1) is 17.1 Å². The van der Waals surface area contributed by atoms with E-state index >= 15 is 0 Å². The van der Waals surface area contributed by atoms with Gasteiger partial charge in [-0.15, -0.1) is 6.58 Å². The number of carbonyl (C=O) groups is 2. The van der Waals surface area contributed by atoms with Crippen LogP contribution in [0.2, 0.25) is 0 Å². The summed E-state index contributed by atoms with van der Waals surface area (Å²) in [6.45, 7) is 3.81. The molecule has 1 aromatic heterocycles. The Bertz CT molecular complexity index is 696. The number of pyridine rings is 1. The summed E-state index contributed by atoms with van der Waals surface area (Å²) in [6.07, 6.45) is 3.11. The number of aromatic nitrogens is 1. The van der Waals surface area contributed by atoms with Crippen LogP contribution in [0.3, 0.4) is 0 Å². The quantitative estimate of drug-likeness (QED) is 0.795. The van der Waals surface area contributed by atoms with Crippen LogP contribution in [-0.4, -0.2) is 59.4 Å². The molecule has 7 nitrogen and oxygen atoms in total. The highest BCUT2D eigenvalue weighted by molar-refractivity contribution is 7.91. The number of amides is 1. The van der Waals surface area contributed by atoms with Gasteiger partial charge in [-0.25, -0.2) is 18.2 Å². The fourth-order valence-corrected chi connectivity index (χ4v) is 4.10. The van der Waals surface area contributed by atoms with E-state index in [9.17, 15) is 18.0 Å². The zero-order valence-corrected chi connectivity index (χ0v) is 12.6. The van der Waals surface area contributed by atoms with Crippen LogP contribution >= 0.6 is 0 Å². The Morgan fingerprint density at radius 2 is 2.18 bits per heavy atom. The second-order valence-corrected chi connectivity index (χ2v) is 7.27. The number of carboxylic acids is 1. The van der Waals surface area contributed by atoms with Gasteiger partial charge in [0.25, 0.3) is 5.91 Å². The van der Waals surface area contributed by atoms with Crippen LogP contribution in [0.5, 0.6) is 0 Å². The molecule has 0 aromatic carbocycles. The Balaban J connectivity index is 2.22. The predicted octanol–water partition coefficient (Wildman–Crippen LogP) is 0.595. The third-order valence-corrected chi connectivity index (χ3v) is 5.22. The number of sulfone groups is 1. The molecule has 1 fully saturated rings. The first-order chi connectivity index (χ1) is 10.3. The Morgan fingerprint density at radius 3 is 2.64 bits per heavy atom. The second-order valence-electron chi connectivity index (χ2n) is 5.04. The van der Waals surface area contributed by atoms with E-state index in [2.05, 4.69) is 11.6 Å². The van der Waals surface area contributed by atoms with Gasteiger partial charge >= 0.3 is 5.97 Å². The van der Waals surface area contributed by atoms with Crippen LogP contribution in [0.4, 0.5) is 0 Å². The number of aromatic carboxylic acids is 1. The maximum absolute atomic E-state index is 12.5. The number of hydrogen-bond acceptors (Lipinski definition) is 5. The number of rotatable bonds is 5. The highest BCUT2D eigenvalue weighted by Crippen LogP contribution is 2.20. The monoisotopic (exact) mass is 324 g/mol. The summed E-state index contributed by atoms with van der Waals surface area (Å²) in [5.74, 6) is -1.56. The van der Waals surface area contributed by atoms with Crippen molar-refractivity contribution >= 4 is 21.7 Å². The van der Waals surface area contributed by atoms with E-state index in [-0.39, 0.29) is 35.2 Å². The molecule has 2 rings (SSSR count). The fraction of sp³-hybridized carbons (Fsp3) is 0.357. The van der Waals surface area contributed by atoms with Crippen LogP contribution in [0.1, 0.15) is 27.3 Å². The average molecular weight is 324 g/mol. The minimum absolute atomic E-state index is 0.0623. The van der Waals surface area contributed by atoms with Crippen molar-refractivity contribution < 1.29 is 23.1 Å². The zero-order valence-electron chi connectivity index (χ0n) is 11.8. The number of carbonyl (C=O) groups excluding carboxylic acids is 1. The van der Waals surface area contributed by atoms with Gasteiger partial charge in [-0.3, -0.25) is 4.79 Å². The van der Waals surface area contributed by atoms with E-state index in [1.165, 1.54) is 29.3 Å². The van der Waals surface area contributed by atoms with Gasteiger partial charge in [0.2, 0.25) is 0 Å². The summed E-state index contributed by atoms with van der Waals surface area (Å²) < 4.78 is 23.2. The zero-order chi connectivity index (χ0) is 16.3. The SMILES string of the molecule is C=CCN(C(=O)c1ccc(C(=O)O)nc1)C1CCS(=O)(=O)C1. The topological polar surface area (TPSA) is 105 Å². The fourth-order valence-electron chi connectivity index (χ4n) is 2.37. The molecule has 22 heavy (non-hydrogen) atoms. The summed E-state index contributed by atoms with van der Waals surface area (Å²) in [6, 6.07) is 2.22. The summed E-state index contributed by atoms with van der Waals surface area (Å²) in [4.78, 5) is 28.4. The van der Waals surface area contributed by atoms with Gasteiger partial charge in [-0.1, -0.05) is 6.08 Å². The number of carboxylic acid groups (broad SMARTS) is 1. The normalized spacial score (nSPS) is 19.5. The van der Waals surface area contributed by atoms with E-state index in [0.29, 0.717) is 6.42 Å². The van der Waals surface area contributed by atoms with Crippen LogP contribution in [-0.2, 0) is 9.84 Å². The molecule has 1 unspecified atom stereocenters. The van der Waals surface area contributed by atoms with Crippen molar-refractivity contribution in [1.29, 1.82) is 0 Å². The molecule has 0 radical (unpaired) electrons. The molecule has 1 N–H and O–H groups in total. The van der Waals surface area contributed by atoms with E-state index < -0.39 is 21.8 Å². The highest BCUT2D eigenvalue weighted by atomic mass is 32.2. The van der Waals surface area contributed by atoms with Crippen molar-refractivity contribution in [2.24, 2.45) is 0 Å². The standard InChI is InChI=1S/C14H16N2O5S/c1-2-6-16(11-5-7-22(20,21)9-11)13(17)10-3-4-12(14(18)19)15-8-10/h2-4,8,11H,1,5-7,9H2,(H,18,19). The van der Waals surface area contributed by atoms with Gasteiger partial charge < -0.3 is 10.0 Å². The van der Waals surface area contributed by atoms with Crippen molar-refractivity contribution in [2.75, 3.05) is 18.1 Å². The minimum atomic E-state index is -3.11. The molecule has 8 heteroatoms. The lowest BCUT2D eigenvalue weighted by Crippen LogP contribution is -2.41. The van der Waals surface area contributed by atoms with Crippen LogP contribution in [0.25, 0.3) is 0 Å². The lowest BCUT2D eigenvalue weighted by molar-refractivity contribution is 0.0683. The van der Waals surface area contributed by atoms with Gasteiger partial charge in [0, 0.05) is 18.8 Å². The molecule has 0 saturated carbocycles. The highest BCUT2D eigenvalue weighted by Gasteiger charge is 2.34. The predicted molar refractivity (Wildman–Crippen MR) is 79.5 cm³/mol. The first-order valence-corrected chi connectivity index (χ1v) is 8.48. The van der Waals surface area contributed by atoms with Crippen LogP contribution in [0, 0.1) is 0 Å². The third-order valence-electron chi connectivity index (χ3n) is 3.47. The van der Waals surface area contributed by atoms with Crippen molar-refractivity contribution in [1.82, 2.24) is 9.88 Å².